The third-order valence-corrected chi connectivity index (χ3v) is 6.64. The predicted octanol–water partition coefficient (Wildman–Crippen LogP) is 4.75. The number of rotatable bonds is 11. The van der Waals surface area contributed by atoms with Gasteiger partial charge in [-0.05, 0) is 54.2 Å². The predicted molar refractivity (Wildman–Crippen MR) is 140 cm³/mol. The Morgan fingerprint density at radius 2 is 1.78 bits per heavy atom. The number of amides is 2. The maximum absolute atomic E-state index is 12.9. The molecule has 1 atom stereocenters. The zero-order valence-electron chi connectivity index (χ0n) is 20.0. The maximum atomic E-state index is 12.9. The molecule has 2 amide bonds. The van der Waals surface area contributed by atoms with Gasteiger partial charge >= 0.3 is 6.09 Å². The molecule has 13 heteroatoms. The molecule has 0 unspecified atom stereocenters. The van der Waals surface area contributed by atoms with Crippen LogP contribution in [0.4, 0.5) is 16.2 Å². The van der Waals surface area contributed by atoms with Crippen LogP contribution in [-0.2, 0) is 21.7 Å². The van der Waals surface area contributed by atoms with Gasteiger partial charge in [0, 0.05) is 24.1 Å². The molecule has 0 bridgehead atoms. The maximum Gasteiger partial charge on any atom is 0.408 e. The highest BCUT2D eigenvalue weighted by molar-refractivity contribution is 9.10. The molecule has 0 aliphatic rings. The van der Waals surface area contributed by atoms with Crippen molar-refractivity contribution in [3.63, 3.8) is 0 Å². The Labute approximate surface area is 220 Å². The molecule has 0 saturated heterocycles. The van der Waals surface area contributed by atoms with Crippen LogP contribution >= 0.6 is 27.7 Å². The number of carbonyl (C=O) groups is 2. The molecule has 2 N–H and O–H groups in total. The van der Waals surface area contributed by atoms with E-state index in [4.69, 9.17) is 4.74 Å². The number of nitro groups is 2. The molecule has 0 saturated carbocycles. The van der Waals surface area contributed by atoms with Crippen LogP contribution in [0.5, 0.6) is 0 Å². The number of hydrogen-bond acceptors (Lipinski definition) is 8. The first-order valence-electron chi connectivity index (χ1n) is 10.9. The van der Waals surface area contributed by atoms with Crippen molar-refractivity contribution >= 4 is 51.1 Å². The van der Waals surface area contributed by atoms with Gasteiger partial charge < -0.3 is 15.4 Å². The standard InChI is InChI=1S/C23H27BrN4O7S/c1-23(2,3)35-22(30)26-18(14-36-13-15-7-5-4-6-8-15)21(29)25-10-9-16-11-17(27(31)32)12-19(20(16)24)28(33)34/h4-8,11-12,18H,9-10,13-14H2,1-3H3,(H,25,29)(H,26,30)/t18-/m0/s1. The highest BCUT2D eigenvalue weighted by Gasteiger charge is 2.25. The Kier molecular flexibility index (Phi) is 10.7. The van der Waals surface area contributed by atoms with Crippen molar-refractivity contribution in [2.75, 3.05) is 12.3 Å². The van der Waals surface area contributed by atoms with Crippen molar-refractivity contribution < 1.29 is 24.2 Å². The lowest BCUT2D eigenvalue weighted by Gasteiger charge is -2.23. The van der Waals surface area contributed by atoms with Gasteiger partial charge in [0.2, 0.25) is 5.91 Å². The summed E-state index contributed by atoms with van der Waals surface area (Å²) in [4.78, 5) is 46.2. The average Bonchev–Trinajstić information content (AvgIpc) is 2.78. The Morgan fingerprint density at radius 3 is 2.36 bits per heavy atom. The highest BCUT2D eigenvalue weighted by atomic mass is 79.9. The smallest absolute Gasteiger partial charge is 0.408 e. The molecule has 194 valence electrons. The highest BCUT2D eigenvalue weighted by Crippen LogP contribution is 2.33. The fraction of sp³-hybridized carbons (Fsp3) is 0.391. The first kappa shape index (κ1) is 29.0. The van der Waals surface area contributed by atoms with Gasteiger partial charge in [-0.2, -0.15) is 11.8 Å². The second kappa shape index (κ2) is 13.2. The van der Waals surface area contributed by atoms with Gasteiger partial charge in [-0.15, -0.1) is 0 Å². The minimum atomic E-state index is -0.906. The first-order chi connectivity index (χ1) is 16.9. The van der Waals surface area contributed by atoms with Gasteiger partial charge in [0.15, 0.2) is 0 Å². The van der Waals surface area contributed by atoms with Crippen LogP contribution in [0.25, 0.3) is 0 Å². The number of hydrogen-bond donors (Lipinski definition) is 2. The summed E-state index contributed by atoms with van der Waals surface area (Å²) >= 11 is 4.58. The lowest BCUT2D eigenvalue weighted by atomic mass is 10.1. The fourth-order valence-electron chi connectivity index (χ4n) is 3.02. The summed E-state index contributed by atoms with van der Waals surface area (Å²) in [5.41, 5.74) is -0.242. The van der Waals surface area contributed by atoms with Crippen LogP contribution in [-0.4, -0.2) is 45.8 Å². The summed E-state index contributed by atoms with van der Waals surface area (Å²) in [7, 11) is 0. The van der Waals surface area contributed by atoms with Crippen molar-refractivity contribution in [2.24, 2.45) is 0 Å². The van der Waals surface area contributed by atoms with Crippen molar-refractivity contribution in [3.8, 4) is 0 Å². The van der Waals surface area contributed by atoms with Gasteiger partial charge in [-0.3, -0.25) is 25.0 Å². The van der Waals surface area contributed by atoms with Crippen molar-refractivity contribution in [3.05, 3.63) is 78.3 Å². The number of nitrogens with zero attached hydrogens (tertiary/aromatic N) is 2. The van der Waals surface area contributed by atoms with Crippen LogP contribution in [0, 0.1) is 20.2 Å². The molecule has 0 fully saturated rings. The molecule has 2 aromatic rings. The third-order valence-electron chi connectivity index (χ3n) is 4.62. The molecule has 2 aromatic carbocycles. The lowest BCUT2D eigenvalue weighted by molar-refractivity contribution is -0.394. The summed E-state index contributed by atoms with van der Waals surface area (Å²) in [5, 5.41) is 27.7. The van der Waals surface area contributed by atoms with Crippen LogP contribution in [0.1, 0.15) is 31.9 Å². The summed E-state index contributed by atoms with van der Waals surface area (Å²) < 4.78 is 5.38. The Balaban J connectivity index is 2.07. The number of nitro benzene ring substituents is 2. The van der Waals surface area contributed by atoms with Crippen molar-refractivity contribution in [1.82, 2.24) is 10.6 Å². The molecule has 36 heavy (non-hydrogen) atoms. The molecule has 2 rings (SSSR count). The summed E-state index contributed by atoms with van der Waals surface area (Å²) in [5.74, 6) is 0.425. The van der Waals surface area contributed by atoms with E-state index in [1.165, 1.54) is 17.8 Å². The normalized spacial score (nSPS) is 11.9. The quantitative estimate of drug-likeness (QED) is 0.284. The molecule has 0 spiro atoms. The molecule has 0 aliphatic carbocycles. The number of thioether (sulfide) groups is 1. The molecule has 0 aliphatic heterocycles. The zero-order valence-corrected chi connectivity index (χ0v) is 22.4. The largest absolute Gasteiger partial charge is 0.444 e. The van der Waals surface area contributed by atoms with Gasteiger partial charge in [-0.1, -0.05) is 30.3 Å². The number of nitrogens with one attached hydrogen (secondary N) is 2. The summed E-state index contributed by atoms with van der Waals surface area (Å²) in [6.07, 6.45) is -0.648. The average molecular weight is 583 g/mol. The molecular weight excluding hydrogens is 556 g/mol. The number of halogens is 1. The number of benzene rings is 2. The Hall–Kier alpha value is -3.19. The van der Waals surface area contributed by atoms with E-state index in [9.17, 15) is 29.8 Å². The van der Waals surface area contributed by atoms with Crippen molar-refractivity contribution in [2.45, 2.75) is 44.6 Å². The zero-order chi connectivity index (χ0) is 26.9. The van der Waals surface area contributed by atoms with E-state index in [0.717, 1.165) is 11.6 Å². The Bertz CT molecular complexity index is 1110. The minimum absolute atomic E-state index is 0.0333. The minimum Gasteiger partial charge on any atom is -0.444 e. The summed E-state index contributed by atoms with van der Waals surface area (Å²) in [6.45, 7) is 5.16. The molecular formula is C23H27BrN4O7S. The third kappa shape index (κ3) is 9.46. The van der Waals surface area contributed by atoms with Gasteiger partial charge in [0.25, 0.3) is 11.4 Å². The fourth-order valence-corrected chi connectivity index (χ4v) is 4.61. The number of alkyl carbamates (subject to hydrolysis) is 1. The SMILES string of the molecule is CC(C)(C)OC(=O)N[C@@H](CSCc1ccccc1)C(=O)NCCc1cc([N+](=O)[O-])cc([N+](=O)[O-])c1Br. The van der Waals surface area contributed by atoms with E-state index < -0.39 is 44.9 Å². The molecule has 11 nitrogen and oxygen atoms in total. The molecule has 0 aromatic heterocycles. The van der Waals surface area contributed by atoms with E-state index in [1.54, 1.807) is 20.8 Å². The Morgan fingerprint density at radius 1 is 1.11 bits per heavy atom. The lowest BCUT2D eigenvalue weighted by Crippen LogP contribution is -2.50. The molecule has 0 radical (unpaired) electrons. The molecule has 0 heterocycles. The monoisotopic (exact) mass is 582 g/mol. The van der Waals surface area contributed by atoms with Gasteiger partial charge in [0.05, 0.1) is 20.4 Å². The van der Waals surface area contributed by atoms with E-state index in [0.29, 0.717) is 11.3 Å². The van der Waals surface area contributed by atoms with Crippen molar-refractivity contribution in [1.29, 1.82) is 0 Å². The van der Waals surface area contributed by atoms with Crippen LogP contribution in [0.15, 0.2) is 46.9 Å². The number of non-ortho nitro benzene ring substituents is 1. The van der Waals surface area contributed by atoms with Crippen LogP contribution in [0.3, 0.4) is 0 Å². The van der Waals surface area contributed by atoms with Crippen LogP contribution in [0.2, 0.25) is 0 Å². The topological polar surface area (TPSA) is 154 Å². The van der Waals surface area contributed by atoms with E-state index in [-0.39, 0.29) is 23.2 Å². The van der Waals surface area contributed by atoms with E-state index in [2.05, 4.69) is 26.6 Å². The second-order valence-electron chi connectivity index (χ2n) is 8.69. The van der Waals surface area contributed by atoms with Gasteiger partial charge in [0.1, 0.15) is 11.6 Å². The number of carbonyl (C=O) groups excluding carboxylic acids is 2. The second-order valence-corrected chi connectivity index (χ2v) is 10.5. The van der Waals surface area contributed by atoms with E-state index in [1.807, 2.05) is 30.3 Å². The first-order valence-corrected chi connectivity index (χ1v) is 12.8. The van der Waals surface area contributed by atoms with Gasteiger partial charge in [-0.25, -0.2) is 4.79 Å². The summed E-state index contributed by atoms with van der Waals surface area (Å²) in [6, 6.07) is 10.8. The van der Waals surface area contributed by atoms with E-state index >= 15 is 0 Å². The number of ether oxygens (including phenoxy) is 1. The van der Waals surface area contributed by atoms with Crippen LogP contribution < -0.4 is 10.6 Å².